The van der Waals surface area contributed by atoms with Gasteiger partial charge >= 0.3 is 0 Å². The Morgan fingerprint density at radius 2 is 2.00 bits per heavy atom. The fourth-order valence-electron chi connectivity index (χ4n) is 3.02. The first kappa shape index (κ1) is 10.8. The van der Waals surface area contributed by atoms with Gasteiger partial charge in [0, 0.05) is 18.0 Å². The number of aryl methyl sites for hydroxylation is 3. The van der Waals surface area contributed by atoms with Gasteiger partial charge in [-0.25, -0.2) is 4.98 Å². The van der Waals surface area contributed by atoms with Gasteiger partial charge in [0.1, 0.15) is 5.65 Å². The standard InChI is InChI=1S/C17H16N2/c1-12-4-3-9-19-11-16(18-17(12)19)15-8-7-13-5-2-6-14(13)10-15/h3-4,7-11H,2,5-6H2,1H3. The highest BCUT2D eigenvalue weighted by Crippen LogP contribution is 2.28. The third-order valence-corrected chi connectivity index (χ3v) is 4.07. The normalized spacial score (nSPS) is 13.9. The Morgan fingerprint density at radius 3 is 2.89 bits per heavy atom. The third-order valence-electron chi connectivity index (χ3n) is 4.07. The number of pyridine rings is 1. The first-order chi connectivity index (χ1) is 9.31. The molecule has 1 aliphatic rings. The van der Waals surface area contributed by atoms with Gasteiger partial charge in [-0.15, -0.1) is 0 Å². The topological polar surface area (TPSA) is 17.3 Å². The number of hydrogen-bond donors (Lipinski definition) is 0. The van der Waals surface area contributed by atoms with Crippen molar-refractivity contribution in [1.82, 2.24) is 9.38 Å². The van der Waals surface area contributed by atoms with Crippen molar-refractivity contribution in [3.05, 3.63) is 59.4 Å². The van der Waals surface area contributed by atoms with E-state index in [1.165, 1.54) is 41.5 Å². The fraction of sp³-hybridized carbons (Fsp3) is 0.235. The molecule has 0 saturated heterocycles. The van der Waals surface area contributed by atoms with Crippen LogP contribution in [0.3, 0.4) is 0 Å². The molecule has 0 saturated carbocycles. The molecule has 0 N–H and O–H groups in total. The average Bonchev–Trinajstić information content (AvgIpc) is 3.04. The maximum absolute atomic E-state index is 4.77. The molecule has 0 atom stereocenters. The first-order valence-corrected chi connectivity index (χ1v) is 6.88. The van der Waals surface area contributed by atoms with Crippen LogP contribution in [-0.2, 0) is 12.8 Å². The summed E-state index contributed by atoms with van der Waals surface area (Å²) in [6, 6.07) is 11.0. The summed E-state index contributed by atoms with van der Waals surface area (Å²) in [7, 11) is 0. The van der Waals surface area contributed by atoms with E-state index in [9.17, 15) is 0 Å². The number of hydrogen-bond acceptors (Lipinski definition) is 1. The molecule has 0 radical (unpaired) electrons. The summed E-state index contributed by atoms with van der Waals surface area (Å²) < 4.78 is 2.11. The lowest BCUT2D eigenvalue weighted by Crippen LogP contribution is -1.84. The molecule has 0 spiro atoms. The van der Waals surface area contributed by atoms with Gasteiger partial charge in [0.25, 0.3) is 0 Å². The largest absolute Gasteiger partial charge is 0.306 e. The summed E-state index contributed by atoms with van der Waals surface area (Å²) in [4.78, 5) is 4.77. The Hall–Kier alpha value is -2.09. The van der Waals surface area contributed by atoms with Crippen LogP contribution in [0.1, 0.15) is 23.1 Å². The Kier molecular flexibility index (Phi) is 2.25. The minimum absolute atomic E-state index is 1.05. The third kappa shape index (κ3) is 1.67. The molecule has 2 nitrogen and oxygen atoms in total. The zero-order valence-corrected chi connectivity index (χ0v) is 11.1. The molecule has 2 heteroatoms. The zero-order valence-electron chi connectivity index (χ0n) is 11.1. The summed E-state index contributed by atoms with van der Waals surface area (Å²) in [5.41, 5.74) is 7.61. The molecule has 0 amide bonds. The predicted molar refractivity (Wildman–Crippen MR) is 77.4 cm³/mol. The molecular formula is C17H16N2. The van der Waals surface area contributed by atoms with Crippen LogP contribution in [0.4, 0.5) is 0 Å². The van der Waals surface area contributed by atoms with Crippen LogP contribution in [0.15, 0.2) is 42.7 Å². The van der Waals surface area contributed by atoms with E-state index in [0.717, 1.165) is 11.3 Å². The van der Waals surface area contributed by atoms with Gasteiger partial charge in [-0.1, -0.05) is 18.2 Å². The van der Waals surface area contributed by atoms with Crippen molar-refractivity contribution in [3.63, 3.8) is 0 Å². The van der Waals surface area contributed by atoms with Crippen molar-refractivity contribution < 1.29 is 0 Å². The minimum Gasteiger partial charge on any atom is -0.306 e. The van der Waals surface area contributed by atoms with Crippen molar-refractivity contribution in [2.75, 3.05) is 0 Å². The van der Waals surface area contributed by atoms with Crippen molar-refractivity contribution in [2.45, 2.75) is 26.2 Å². The molecule has 0 bridgehead atoms. The summed E-state index contributed by atoms with van der Waals surface area (Å²) in [6.45, 7) is 2.11. The van der Waals surface area contributed by atoms with Crippen LogP contribution in [0, 0.1) is 6.92 Å². The van der Waals surface area contributed by atoms with Crippen LogP contribution < -0.4 is 0 Å². The Balaban J connectivity index is 1.88. The van der Waals surface area contributed by atoms with Crippen LogP contribution in [-0.4, -0.2) is 9.38 Å². The van der Waals surface area contributed by atoms with Gasteiger partial charge in [-0.2, -0.15) is 0 Å². The molecule has 19 heavy (non-hydrogen) atoms. The molecule has 1 aliphatic carbocycles. The SMILES string of the molecule is Cc1cccn2cc(-c3ccc4c(c3)CCC4)nc12. The lowest BCUT2D eigenvalue weighted by atomic mass is 10.0. The number of aromatic nitrogens is 2. The van der Waals surface area contributed by atoms with E-state index in [2.05, 4.69) is 54.0 Å². The van der Waals surface area contributed by atoms with Crippen LogP contribution in [0.5, 0.6) is 0 Å². The summed E-state index contributed by atoms with van der Waals surface area (Å²) in [6.07, 6.45) is 7.93. The summed E-state index contributed by atoms with van der Waals surface area (Å²) in [5, 5.41) is 0. The second kappa shape index (κ2) is 3.95. The monoisotopic (exact) mass is 248 g/mol. The van der Waals surface area contributed by atoms with E-state index < -0.39 is 0 Å². The average molecular weight is 248 g/mol. The van der Waals surface area contributed by atoms with E-state index in [4.69, 9.17) is 4.98 Å². The maximum Gasteiger partial charge on any atom is 0.140 e. The highest BCUT2D eigenvalue weighted by Gasteiger charge is 2.13. The molecule has 4 rings (SSSR count). The van der Waals surface area contributed by atoms with Gasteiger partial charge < -0.3 is 4.40 Å². The highest BCUT2D eigenvalue weighted by molar-refractivity contribution is 5.65. The molecule has 3 aromatic rings. The second-order valence-electron chi connectivity index (χ2n) is 5.39. The Morgan fingerprint density at radius 1 is 1.11 bits per heavy atom. The predicted octanol–water partition coefficient (Wildman–Crippen LogP) is 3.80. The zero-order chi connectivity index (χ0) is 12.8. The molecular weight excluding hydrogens is 232 g/mol. The van der Waals surface area contributed by atoms with Gasteiger partial charge in [0.15, 0.2) is 0 Å². The van der Waals surface area contributed by atoms with E-state index in [1.54, 1.807) is 0 Å². The van der Waals surface area contributed by atoms with Gasteiger partial charge in [-0.3, -0.25) is 0 Å². The van der Waals surface area contributed by atoms with Crippen LogP contribution >= 0.6 is 0 Å². The van der Waals surface area contributed by atoms with E-state index in [0.29, 0.717) is 0 Å². The highest BCUT2D eigenvalue weighted by atomic mass is 15.0. The number of rotatable bonds is 1. The summed E-state index contributed by atoms with van der Waals surface area (Å²) in [5.74, 6) is 0. The molecule has 1 aromatic carbocycles. The minimum atomic E-state index is 1.05. The van der Waals surface area contributed by atoms with Crippen LogP contribution in [0.2, 0.25) is 0 Å². The lowest BCUT2D eigenvalue weighted by molar-refractivity contribution is 0.912. The smallest absolute Gasteiger partial charge is 0.140 e. The van der Waals surface area contributed by atoms with E-state index >= 15 is 0 Å². The molecule has 94 valence electrons. The van der Waals surface area contributed by atoms with E-state index in [1.807, 2.05) is 0 Å². The van der Waals surface area contributed by atoms with Crippen LogP contribution in [0.25, 0.3) is 16.9 Å². The number of nitrogens with zero attached hydrogens (tertiary/aromatic N) is 2. The van der Waals surface area contributed by atoms with Gasteiger partial charge in [0.2, 0.25) is 0 Å². The van der Waals surface area contributed by atoms with Crippen molar-refractivity contribution >= 4 is 5.65 Å². The molecule has 2 aromatic heterocycles. The van der Waals surface area contributed by atoms with Crippen molar-refractivity contribution in [2.24, 2.45) is 0 Å². The maximum atomic E-state index is 4.77. The number of imidazole rings is 1. The second-order valence-corrected chi connectivity index (χ2v) is 5.39. The molecule has 0 fully saturated rings. The van der Waals surface area contributed by atoms with Gasteiger partial charge in [-0.05, 0) is 55.0 Å². The fourth-order valence-corrected chi connectivity index (χ4v) is 3.02. The molecule has 2 heterocycles. The molecule has 0 aliphatic heterocycles. The lowest BCUT2D eigenvalue weighted by Gasteiger charge is -2.01. The Labute approximate surface area is 112 Å². The summed E-state index contributed by atoms with van der Waals surface area (Å²) >= 11 is 0. The van der Waals surface area contributed by atoms with Gasteiger partial charge in [0.05, 0.1) is 5.69 Å². The van der Waals surface area contributed by atoms with E-state index in [-0.39, 0.29) is 0 Å². The van der Waals surface area contributed by atoms with Crippen molar-refractivity contribution in [1.29, 1.82) is 0 Å². The number of benzene rings is 1. The van der Waals surface area contributed by atoms with Crippen molar-refractivity contribution in [3.8, 4) is 11.3 Å². The molecule has 0 unspecified atom stereocenters. The Bertz CT molecular complexity index is 768. The quantitative estimate of drug-likeness (QED) is 0.640. The number of fused-ring (bicyclic) bond motifs is 2. The first-order valence-electron chi connectivity index (χ1n) is 6.88.